The maximum Gasteiger partial charge on any atom is 0.308 e. The average molecular weight is 284 g/mol. The number of carboxylic acids is 1. The number of carboxylic acid groups (broad SMARTS) is 1. The monoisotopic (exact) mass is 284 g/mol. The van der Waals surface area contributed by atoms with Crippen molar-refractivity contribution in [2.75, 3.05) is 33.4 Å². The summed E-state index contributed by atoms with van der Waals surface area (Å²) in [5.41, 5.74) is 0.979. The minimum absolute atomic E-state index is 0.0561. The molecule has 6 heteroatoms. The van der Waals surface area contributed by atoms with Crippen LogP contribution in [-0.4, -0.2) is 54.3 Å². The van der Waals surface area contributed by atoms with Gasteiger partial charge in [-0.3, -0.25) is 9.69 Å². The van der Waals surface area contributed by atoms with Gasteiger partial charge in [0.05, 0.1) is 23.2 Å². The van der Waals surface area contributed by atoms with E-state index in [1.54, 1.807) is 18.4 Å². The van der Waals surface area contributed by atoms with Crippen molar-refractivity contribution in [3.05, 3.63) is 15.6 Å². The number of likely N-dealkylation sites (tertiary alicyclic amines) is 1. The van der Waals surface area contributed by atoms with Crippen LogP contribution in [-0.2, 0) is 9.53 Å². The zero-order valence-corrected chi connectivity index (χ0v) is 12.4. The second kappa shape index (κ2) is 5.98. The van der Waals surface area contributed by atoms with Crippen molar-refractivity contribution in [3.63, 3.8) is 0 Å². The molecule has 1 aliphatic rings. The van der Waals surface area contributed by atoms with Crippen molar-refractivity contribution in [3.8, 4) is 0 Å². The van der Waals surface area contributed by atoms with Crippen LogP contribution in [0.3, 0.4) is 0 Å². The predicted octanol–water partition coefficient (Wildman–Crippen LogP) is 1.51. The lowest BCUT2D eigenvalue weighted by Gasteiger charge is -2.14. The molecule has 1 aliphatic heterocycles. The highest BCUT2D eigenvalue weighted by molar-refractivity contribution is 7.11. The fourth-order valence-electron chi connectivity index (χ4n) is 2.70. The Hall–Kier alpha value is -0.980. The van der Waals surface area contributed by atoms with E-state index in [9.17, 15) is 9.90 Å². The minimum Gasteiger partial charge on any atom is -0.481 e. The fourth-order valence-corrected chi connectivity index (χ4v) is 3.78. The van der Waals surface area contributed by atoms with Gasteiger partial charge in [0.1, 0.15) is 0 Å². The molecule has 2 atom stereocenters. The van der Waals surface area contributed by atoms with E-state index < -0.39 is 5.97 Å². The molecule has 0 aromatic carbocycles. The predicted molar refractivity (Wildman–Crippen MR) is 73.8 cm³/mol. The molecule has 106 valence electrons. The summed E-state index contributed by atoms with van der Waals surface area (Å²) in [5.74, 6) is -0.994. The van der Waals surface area contributed by atoms with Gasteiger partial charge in [0.25, 0.3) is 0 Å². The molecule has 1 fully saturated rings. The molecule has 0 saturated carbocycles. The first kappa shape index (κ1) is 14.4. The van der Waals surface area contributed by atoms with Gasteiger partial charge in [0.2, 0.25) is 0 Å². The second-order valence-corrected chi connectivity index (χ2v) is 6.22. The van der Waals surface area contributed by atoms with Gasteiger partial charge in [-0.2, -0.15) is 0 Å². The molecule has 0 bridgehead atoms. The van der Waals surface area contributed by atoms with E-state index in [1.807, 2.05) is 13.8 Å². The molecule has 0 radical (unpaired) electrons. The Labute approximate surface area is 117 Å². The van der Waals surface area contributed by atoms with E-state index in [0.717, 1.165) is 28.7 Å². The Bertz CT molecular complexity index is 461. The Morgan fingerprint density at radius 3 is 2.79 bits per heavy atom. The number of aryl methyl sites for hydroxylation is 2. The molecule has 5 nitrogen and oxygen atoms in total. The van der Waals surface area contributed by atoms with E-state index in [4.69, 9.17) is 4.74 Å². The summed E-state index contributed by atoms with van der Waals surface area (Å²) in [7, 11) is 1.67. The molecule has 1 aromatic rings. The van der Waals surface area contributed by atoms with Crippen LogP contribution in [0, 0.1) is 19.8 Å². The van der Waals surface area contributed by atoms with Crippen LogP contribution in [0.15, 0.2) is 0 Å². The van der Waals surface area contributed by atoms with Crippen molar-refractivity contribution in [2.24, 2.45) is 5.92 Å². The standard InChI is InChI=1S/C13H20N2O3S/c1-8-12(19-9(2)14-8)10-6-15(4-5-18-3)7-11(10)13(16)17/h10-11H,4-7H2,1-3H3,(H,16,17). The number of methoxy groups -OCH3 is 1. The van der Waals surface area contributed by atoms with Crippen molar-refractivity contribution in [2.45, 2.75) is 19.8 Å². The van der Waals surface area contributed by atoms with Crippen LogP contribution in [0.4, 0.5) is 0 Å². The highest BCUT2D eigenvalue weighted by Gasteiger charge is 2.40. The Balaban J connectivity index is 2.17. The van der Waals surface area contributed by atoms with Gasteiger partial charge >= 0.3 is 5.97 Å². The molecular formula is C13H20N2O3S. The van der Waals surface area contributed by atoms with Crippen LogP contribution in [0.25, 0.3) is 0 Å². The van der Waals surface area contributed by atoms with Gasteiger partial charge in [-0.15, -0.1) is 11.3 Å². The summed E-state index contributed by atoms with van der Waals surface area (Å²) in [4.78, 5) is 19.2. The van der Waals surface area contributed by atoms with Crippen molar-refractivity contribution in [1.82, 2.24) is 9.88 Å². The molecule has 2 rings (SSSR count). The van der Waals surface area contributed by atoms with E-state index in [-0.39, 0.29) is 11.8 Å². The van der Waals surface area contributed by atoms with E-state index in [2.05, 4.69) is 9.88 Å². The number of hydrogen-bond donors (Lipinski definition) is 1. The molecule has 0 aliphatic carbocycles. The maximum absolute atomic E-state index is 11.4. The van der Waals surface area contributed by atoms with Crippen LogP contribution in [0.2, 0.25) is 0 Å². The van der Waals surface area contributed by atoms with Crippen LogP contribution in [0.5, 0.6) is 0 Å². The lowest BCUT2D eigenvalue weighted by molar-refractivity contribution is -0.141. The summed E-state index contributed by atoms with van der Waals surface area (Å²) >= 11 is 1.63. The molecule has 0 spiro atoms. The minimum atomic E-state index is -0.713. The lowest BCUT2D eigenvalue weighted by Crippen LogP contribution is -2.26. The van der Waals surface area contributed by atoms with Gasteiger partial charge in [-0.05, 0) is 13.8 Å². The maximum atomic E-state index is 11.4. The first-order valence-electron chi connectivity index (χ1n) is 6.41. The van der Waals surface area contributed by atoms with E-state index >= 15 is 0 Å². The summed E-state index contributed by atoms with van der Waals surface area (Å²) in [5, 5.41) is 10.4. The van der Waals surface area contributed by atoms with Crippen molar-refractivity contribution < 1.29 is 14.6 Å². The highest BCUT2D eigenvalue weighted by Crippen LogP contribution is 2.37. The number of aliphatic carboxylic acids is 1. The molecule has 0 amide bonds. The zero-order valence-electron chi connectivity index (χ0n) is 11.5. The van der Waals surface area contributed by atoms with Gasteiger partial charge < -0.3 is 9.84 Å². The number of hydrogen-bond acceptors (Lipinski definition) is 5. The summed E-state index contributed by atoms with van der Waals surface area (Å²) in [6.45, 7) is 6.74. The molecule has 1 N–H and O–H groups in total. The third kappa shape index (κ3) is 3.13. The Kier molecular flexibility index (Phi) is 4.54. The topological polar surface area (TPSA) is 62.7 Å². The third-order valence-corrected chi connectivity index (χ3v) is 4.81. The molecule has 2 unspecified atom stereocenters. The smallest absolute Gasteiger partial charge is 0.308 e. The van der Waals surface area contributed by atoms with Gasteiger partial charge in [-0.25, -0.2) is 4.98 Å². The number of thiazole rings is 1. The zero-order chi connectivity index (χ0) is 14.0. The van der Waals surface area contributed by atoms with E-state index in [1.165, 1.54) is 0 Å². The highest BCUT2D eigenvalue weighted by atomic mass is 32.1. The first-order valence-corrected chi connectivity index (χ1v) is 7.22. The number of aromatic nitrogens is 1. The molecular weight excluding hydrogens is 264 g/mol. The molecule has 2 heterocycles. The quantitative estimate of drug-likeness (QED) is 0.888. The lowest BCUT2D eigenvalue weighted by atomic mass is 9.94. The number of rotatable bonds is 5. The van der Waals surface area contributed by atoms with Crippen LogP contribution in [0.1, 0.15) is 21.5 Å². The molecule has 19 heavy (non-hydrogen) atoms. The SMILES string of the molecule is COCCN1CC(C(=O)O)C(c2sc(C)nc2C)C1. The van der Waals surface area contributed by atoms with Gasteiger partial charge in [0.15, 0.2) is 0 Å². The van der Waals surface area contributed by atoms with Crippen molar-refractivity contribution >= 4 is 17.3 Å². The van der Waals surface area contributed by atoms with Crippen LogP contribution < -0.4 is 0 Å². The third-order valence-electron chi connectivity index (χ3n) is 3.60. The Morgan fingerprint density at radius 2 is 2.26 bits per heavy atom. The number of nitrogens with zero attached hydrogens (tertiary/aromatic N) is 2. The summed E-state index contributed by atoms with van der Waals surface area (Å²) in [6.07, 6.45) is 0. The fraction of sp³-hybridized carbons (Fsp3) is 0.692. The number of ether oxygens (including phenoxy) is 1. The van der Waals surface area contributed by atoms with Gasteiger partial charge in [0, 0.05) is 37.5 Å². The van der Waals surface area contributed by atoms with Gasteiger partial charge in [-0.1, -0.05) is 0 Å². The first-order chi connectivity index (χ1) is 9.02. The molecule has 1 aromatic heterocycles. The molecule has 1 saturated heterocycles. The largest absolute Gasteiger partial charge is 0.481 e. The summed E-state index contributed by atoms with van der Waals surface area (Å²) in [6, 6.07) is 0. The Morgan fingerprint density at radius 1 is 1.53 bits per heavy atom. The van der Waals surface area contributed by atoms with Crippen molar-refractivity contribution in [1.29, 1.82) is 0 Å². The van der Waals surface area contributed by atoms with E-state index in [0.29, 0.717) is 13.2 Å². The van der Waals surface area contributed by atoms with Crippen LogP contribution >= 0.6 is 11.3 Å². The second-order valence-electron chi connectivity index (χ2n) is 4.99. The number of carbonyl (C=O) groups is 1. The average Bonchev–Trinajstić information content (AvgIpc) is 2.90. The normalized spacial score (nSPS) is 23.9. The summed E-state index contributed by atoms with van der Waals surface area (Å²) < 4.78 is 5.07.